The molecule has 21 heavy (non-hydrogen) atoms. The lowest BCUT2D eigenvalue weighted by Crippen LogP contribution is -2.16. The average molecular weight is 284 g/mol. The quantitative estimate of drug-likeness (QED) is 0.885. The number of aromatic nitrogens is 1. The van der Waals surface area contributed by atoms with E-state index in [2.05, 4.69) is 17.2 Å². The van der Waals surface area contributed by atoms with Crippen molar-refractivity contribution in [1.29, 1.82) is 0 Å². The van der Waals surface area contributed by atoms with Crippen molar-refractivity contribution in [2.75, 3.05) is 11.9 Å². The fraction of sp³-hybridized carbons (Fsp3) is 0.294. The number of pyridine rings is 1. The zero-order valence-electron chi connectivity index (χ0n) is 12.4. The lowest BCUT2D eigenvalue weighted by Gasteiger charge is -2.07. The Labute approximate surface area is 125 Å². The van der Waals surface area contributed by atoms with Crippen LogP contribution in [0.4, 0.5) is 5.82 Å². The van der Waals surface area contributed by atoms with Crippen molar-refractivity contribution in [2.45, 2.75) is 26.7 Å². The maximum absolute atomic E-state index is 11.8. The van der Waals surface area contributed by atoms with E-state index in [4.69, 9.17) is 4.74 Å². The average Bonchev–Trinajstić information content (AvgIpc) is 2.48. The third-order valence-electron chi connectivity index (χ3n) is 3.11. The molecule has 0 atom stereocenters. The highest BCUT2D eigenvalue weighted by atomic mass is 16.5. The molecular weight excluding hydrogens is 264 g/mol. The lowest BCUT2D eigenvalue weighted by atomic mass is 10.2. The number of nitrogens with one attached hydrogen (secondary N) is 1. The Kier molecular flexibility index (Phi) is 5.32. The van der Waals surface area contributed by atoms with Crippen LogP contribution in [0, 0.1) is 6.92 Å². The molecule has 2 rings (SSSR count). The number of anilines is 1. The normalized spacial score (nSPS) is 10.2. The van der Waals surface area contributed by atoms with E-state index in [0.717, 1.165) is 17.7 Å². The number of amides is 1. The van der Waals surface area contributed by atoms with Crippen LogP contribution in [0.3, 0.4) is 0 Å². The van der Waals surface area contributed by atoms with Crippen molar-refractivity contribution in [1.82, 2.24) is 4.98 Å². The number of hydrogen-bond acceptors (Lipinski definition) is 3. The van der Waals surface area contributed by atoms with Gasteiger partial charge in [-0.3, -0.25) is 4.79 Å². The van der Waals surface area contributed by atoms with Gasteiger partial charge in [-0.1, -0.05) is 19.1 Å². The van der Waals surface area contributed by atoms with Crippen molar-refractivity contribution in [3.05, 3.63) is 53.7 Å². The van der Waals surface area contributed by atoms with Gasteiger partial charge < -0.3 is 10.1 Å². The molecule has 1 heterocycles. The first kappa shape index (κ1) is 15.0. The summed E-state index contributed by atoms with van der Waals surface area (Å²) >= 11 is 0. The molecule has 2 aromatic rings. The first-order valence-electron chi connectivity index (χ1n) is 7.11. The Morgan fingerprint density at radius 2 is 2.00 bits per heavy atom. The van der Waals surface area contributed by atoms with Crippen LogP contribution in [-0.4, -0.2) is 17.5 Å². The monoisotopic (exact) mass is 284 g/mol. The second-order valence-corrected chi connectivity index (χ2v) is 4.86. The summed E-state index contributed by atoms with van der Waals surface area (Å²) in [5.41, 5.74) is 2.33. The fourth-order valence-corrected chi connectivity index (χ4v) is 1.89. The minimum absolute atomic E-state index is 0.0988. The molecule has 0 fully saturated rings. The van der Waals surface area contributed by atoms with Gasteiger partial charge in [0.25, 0.3) is 0 Å². The van der Waals surface area contributed by atoms with Crippen LogP contribution in [0.15, 0.2) is 42.6 Å². The first-order valence-corrected chi connectivity index (χ1v) is 7.11. The zero-order chi connectivity index (χ0) is 15.1. The minimum Gasteiger partial charge on any atom is -0.493 e. The molecule has 0 bridgehead atoms. The summed E-state index contributed by atoms with van der Waals surface area (Å²) in [6.45, 7) is 4.42. The maximum atomic E-state index is 11.8. The molecule has 0 aliphatic rings. The number of carbonyl (C=O) groups is 1. The van der Waals surface area contributed by atoms with Gasteiger partial charge in [0.15, 0.2) is 0 Å². The SMILES string of the molecule is CCc1ccc(OCCC(=O)Nc2cc(C)ccn2)cc1. The van der Waals surface area contributed by atoms with Crippen LogP contribution < -0.4 is 10.1 Å². The second kappa shape index (κ2) is 7.43. The summed E-state index contributed by atoms with van der Waals surface area (Å²) < 4.78 is 5.56. The van der Waals surface area contributed by atoms with Crippen molar-refractivity contribution < 1.29 is 9.53 Å². The smallest absolute Gasteiger partial charge is 0.228 e. The summed E-state index contributed by atoms with van der Waals surface area (Å²) in [6.07, 6.45) is 2.98. The van der Waals surface area contributed by atoms with Crippen molar-refractivity contribution in [3.63, 3.8) is 0 Å². The van der Waals surface area contributed by atoms with Crippen LogP contribution in [0.1, 0.15) is 24.5 Å². The van der Waals surface area contributed by atoms with Crippen molar-refractivity contribution in [2.24, 2.45) is 0 Å². The van der Waals surface area contributed by atoms with E-state index in [1.807, 2.05) is 43.3 Å². The molecule has 0 saturated heterocycles. The Balaban J connectivity index is 1.76. The summed E-state index contributed by atoms with van der Waals surface area (Å²) in [6, 6.07) is 11.6. The summed E-state index contributed by atoms with van der Waals surface area (Å²) in [5.74, 6) is 1.26. The van der Waals surface area contributed by atoms with Crippen LogP contribution in [0.25, 0.3) is 0 Å². The van der Waals surface area contributed by atoms with E-state index in [1.165, 1.54) is 5.56 Å². The zero-order valence-corrected chi connectivity index (χ0v) is 12.4. The van der Waals surface area contributed by atoms with Crippen LogP contribution >= 0.6 is 0 Å². The molecule has 4 nitrogen and oxygen atoms in total. The highest BCUT2D eigenvalue weighted by Gasteiger charge is 2.04. The molecule has 0 radical (unpaired) electrons. The largest absolute Gasteiger partial charge is 0.493 e. The van der Waals surface area contributed by atoms with Gasteiger partial charge in [-0.2, -0.15) is 0 Å². The van der Waals surface area contributed by atoms with Gasteiger partial charge in [0.05, 0.1) is 13.0 Å². The standard InChI is InChI=1S/C17H20N2O2/c1-3-14-4-6-15(7-5-14)21-11-9-17(20)19-16-12-13(2)8-10-18-16/h4-8,10,12H,3,9,11H2,1-2H3,(H,18,19,20). The number of aryl methyl sites for hydroxylation is 2. The molecule has 0 spiro atoms. The number of benzene rings is 1. The van der Waals surface area contributed by atoms with E-state index in [-0.39, 0.29) is 5.91 Å². The highest BCUT2D eigenvalue weighted by molar-refractivity contribution is 5.89. The Morgan fingerprint density at radius 1 is 1.24 bits per heavy atom. The van der Waals surface area contributed by atoms with Crippen LogP contribution in [0.5, 0.6) is 5.75 Å². The van der Waals surface area contributed by atoms with E-state index >= 15 is 0 Å². The molecule has 0 saturated carbocycles. The van der Waals surface area contributed by atoms with Gasteiger partial charge in [-0.25, -0.2) is 4.98 Å². The summed E-state index contributed by atoms with van der Waals surface area (Å²) in [5, 5.41) is 2.76. The maximum Gasteiger partial charge on any atom is 0.228 e. The number of rotatable bonds is 6. The van der Waals surface area contributed by atoms with Gasteiger partial charge in [0.2, 0.25) is 5.91 Å². The minimum atomic E-state index is -0.0988. The molecule has 0 unspecified atom stereocenters. The van der Waals surface area contributed by atoms with Gasteiger partial charge in [-0.15, -0.1) is 0 Å². The summed E-state index contributed by atoms with van der Waals surface area (Å²) in [7, 11) is 0. The van der Waals surface area contributed by atoms with Crippen molar-refractivity contribution in [3.8, 4) is 5.75 Å². The highest BCUT2D eigenvalue weighted by Crippen LogP contribution is 2.13. The Morgan fingerprint density at radius 3 is 2.67 bits per heavy atom. The molecule has 1 N–H and O–H groups in total. The predicted molar refractivity (Wildman–Crippen MR) is 83.5 cm³/mol. The van der Waals surface area contributed by atoms with Gasteiger partial charge in [0, 0.05) is 6.20 Å². The van der Waals surface area contributed by atoms with E-state index in [1.54, 1.807) is 6.20 Å². The molecule has 1 aromatic carbocycles. The number of nitrogens with zero attached hydrogens (tertiary/aromatic N) is 1. The molecule has 1 amide bonds. The van der Waals surface area contributed by atoms with Crippen molar-refractivity contribution >= 4 is 11.7 Å². The van der Waals surface area contributed by atoms with Crippen LogP contribution in [0.2, 0.25) is 0 Å². The second-order valence-electron chi connectivity index (χ2n) is 4.86. The summed E-state index contributed by atoms with van der Waals surface area (Å²) in [4.78, 5) is 15.9. The molecule has 4 heteroatoms. The van der Waals surface area contributed by atoms with Crippen LogP contribution in [-0.2, 0) is 11.2 Å². The Hall–Kier alpha value is -2.36. The molecule has 110 valence electrons. The molecular formula is C17H20N2O2. The fourth-order valence-electron chi connectivity index (χ4n) is 1.89. The molecule has 1 aromatic heterocycles. The molecule has 0 aliphatic heterocycles. The predicted octanol–water partition coefficient (Wildman–Crippen LogP) is 3.36. The number of hydrogen-bond donors (Lipinski definition) is 1. The molecule has 0 aliphatic carbocycles. The van der Waals surface area contributed by atoms with Gasteiger partial charge >= 0.3 is 0 Å². The van der Waals surface area contributed by atoms with E-state index in [0.29, 0.717) is 18.8 Å². The van der Waals surface area contributed by atoms with Gasteiger partial charge in [0.1, 0.15) is 11.6 Å². The first-order chi connectivity index (χ1) is 10.2. The third kappa shape index (κ3) is 4.91. The van der Waals surface area contributed by atoms with E-state index < -0.39 is 0 Å². The van der Waals surface area contributed by atoms with Gasteiger partial charge in [-0.05, 0) is 48.7 Å². The lowest BCUT2D eigenvalue weighted by molar-refractivity contribution is -0.116. The number of carbonyl (C=O) groups excluding carboxylic acids is 1. The Bertz CT molecular complexity index is 594. The topological polar surface area (TPSA) is 51.2 Å². The van der Waals surface area contributed by atoms with E-state index in [9.17, 15) is 4.79 Å². The third-order valence-corrected chi connectivity index (χ3v) is 3.11. The number of ether oxygens (including phenoxy) is 1.